The van der Waals surface area contributed by atoms with E-state index < -0.39 is 12.1 Å². The van der Waals surface area contributed by atoms with Crippen LogP contribution in [0.3, 0.4) is 0 Å². The number of amides is 2. The van der Waals surface area contributed by atoms with Gasteiger partial charge in [0.15, 0.2) is 6.10 Å². The number of rotatable bonds is 18. The molecule has 0 bridgehead atoms. The van der Waals surface area contributed by atoms with Crippen molar-refractivity contribution in [1.82, 2.24) is 4.90 Å². The molecule has 0 fully saturated rings. The third-order valence-electron chi connectivity index (χ3n) is 6.01. The molecule has 37 heavy (non-hydrogen) atoms. The van der Waals surface area contributed by atoms with Gasteiger partial charge in [-0.1, -0.05) is 57.2 Å². The summed E-state index contributed by atoms with van der Waals surface area (Å²) < 4.78 is 16.4. The van der Waals surface area contributed by atoms with Gasteiger partial charge in [0, 0.05) is 31.3 Å². The summed E-state index contributed by atoms with van der Waals surface area (Å²) in [6.07, 6.45) is 6.31. The van der Waals surface area contributed by atoms with Crippen LogP contribution in [0.5, 0.6) is 11.5 Å². The van der Waals surface area contributed by atoms with Gasteiger partial charge in [0.25, 0.3) is 0 Å². The summed E-state index contributed by atoms with van der Waals surface area (Å²) >= 11 is 0. The monoisotopic (exact) mass is 514 g/mol. The normalized spacial score (nSPS) is 11.5. The number of methoxy groups -OCH3 is 1. The van der Waals surface area contributed by atoms with E-state index in [1.165, 1.54) is 25.7 Å². The number of carbonyl (C=O) groups excluding carboxylic acids is 1. The molecule has 1 atom stereocenters. The molecule has 0 heterocycles. The number of benzene rings is 2. The number of carboxylic acids is 1. The second-order valence-corrected chi connectivity index (χ2v) is 8.90. The zero-order valence-corrected chi connectivity index (χ0v) is 22.4. The van der Waals surface area contributed by atoms with Gasteiger partial charge in [-0.2, -0.15) is 0 Å². The SMILES string of the molecule is CCCCCCCCN(CCOc1ccc(CC(OCC)C(=O)O)cc1)C(=O)Nc1cccc(OC)c1. The van der Waals surface area contributed by atoms with E-state index in [1.807, 2.05) is 42.5 Å². The van der Waals surface area contributed by atoms with E-state index in [0.717, 1.165) is 18.4 Å². The lowest BCUT2D eigenvalue weighted by molar-refractivity contribution is -0.149. The number of carbonyl (C=O) groups is 2. The molecule has 1 unspecified atom stereocenters. The fraction of sp³-hybridized carbons (Fsp3) is 0.517. The lowest BCUT2D eigenvalue weighted by Crippen LogP contribution is -2.38. The van der Waals surface area contributed by atoms with E-state index in [-0.39, 0.29) is 6.03 Å². The minimum Gasteiger partial charge on any atom is -0.497 e. The van der Waals surface area contributed by atoms with Gasteiger partial charge < -0.3 is 29.5 Å². The van der Waals surface area contributed by atoms with E-state index in [4.69, 9.17) is 14.2 Å². The number of aliphatic carboxylic acids is 1. The molecule has 8 nitrogen and oxygen atoms in total. The van der Waals surface area contributed by atoms with Crippen LogP contribution < -0.4 is 14.8 Å². The highest BCUT2D eigenvalue weighted by molar-refractivity contribution is 5.89. The number of carboxylic acid groups (broad SMARTS) is 1. The van der Waals surface area contributed by atoms with Crippen molar-refractivity contribution < 1.29 is 28.9 Å². The highest BCUT2D eigenvalue weighted by atomic mass is 16.5. The Morgan fingerprint density at radius 1 is 0.946 bits per heavy atom. The van der Waals surface area contributed by atoms with E-state index in [1.54, 1.807) is 25.0 Å². The zero-order valence-electron chi connectivity index (χ0n) is 22.4. The van der Waals surface area contributed by atoms with Gasteiger partial charge in [0.05, 0.1) is 13.7 Å². The maximum absolute atomic E-state index is 13.0. The summed E-state index contributed by atoms with van der Waals surface area (Å²) in [6.45, 7) is 5.76. The summed E-state index contributed by atoms with van der Waals surface area (Å²) in [6, 6.07) is 14.4. The van der Waals surface area contributed by atoms with Crippen LogP contribution in [-0.2, 0) is 16.0 Å². The number of unbranched alkanes of at least 4 members (excludes halogenated alkanes) is 5. The molecular weight excluding hydrogens is 472 g/mol. The fourth-order valence-electron chi connectivity index (χ4n) is 3.93. The second-order valence-electron chi connectivity index (χ2n) is 8.90. The lowest BCUT2D eigenvalue weighted by atomic mass is 10.1. The molecule has 0 aromatic heterocycles. The van der Waals surface area contributed by atoms with Crippen molar-refractivity contribution in [2.24, 2.45) is 0 Å². The number of hydrogen-bond acceptors (Lipinski definition) is 5. The highest BCUT2D eigenvalue weighted by Crippen LogP contribution is 2.18. The molecule has 2 amide bonds. The number of ether oxygens (including phenoxy) is 3. The van der Waals surface area contributed by atoms with Gasteiger partial charge in [-0.25, -0.2) is 9.59 Å². The van der Waals surface area contributed by atoms with Crippen LogP contribution in [0.2, 0.25) is 0 Å². The zero-order chi connectivity index (χ0) is 26.9. The smallest absolute Gasteiger partial charge is 0.333 e. The first-order chi connectivity index (χ1) is 18.0. The molecule has 204 valence electrons. The molecule has 0 aliphatic heterocycles. The largest absolute Gasteiger partial charge is 0.497 e. The summed E-state index contributed by atoms with van der Waals surface area (Å²) in [5.74, 6) is 0.377. The van der Waals surface area contributed by atoms with Gasteiger partial charge >= 0.3 is 12.0 Å². The Kier molecular flexibility index (Phi) is 14.0. The van der Waals surface area contributed by atoms with Crippen LogP contribution >= 0.6 is 0 Å². The third-order valence-corrected chi connectivity index (χ3v) is 6.01. The summed E-state index contributed by atoms with van der Waals surface area (Å²) in [5.41, 5.74) is 1.54. The van der Waals surface area contributed by atoms with E-state index in [9.17, 15) is 14.7 Å². The van der Waals surface area contributed by atoms with Crippen LogP contribution in [0, 0.1) is 0 Å². The van der Waals surface area contributed by atoms with Gasteiger partial charge in [0.1, 0.15) is 18.1 Å². The Labute approximate surface area is 220 Å². The molecule has 0 aliphatic carbocycles. The number of hydrogen-bond donors (Lipinski definition) is 2. The minimum atomic E-state index is -0.972. The molecule has 0 saturated heterocycles. The van der Waals surface area contributed by atoms with Gasteiger partial charge in [-0.3, -0.25) is 0 Å². The van der Waals surface area contributed by atoms with Crippen molar-refractivity contribution in [3.05, 3.63) is 54.1 Å². The summed E-state index contributed by atoms with van der Waals surface area (Å²) in [7, 11) is 1.60. The quantitative estimate of drug-likeness (QED) is 0.237. The average molecular weight is 515 g/mol. The van der Waals surface area contributed by atoms with Crippen LogP contribution in [0.4, 0.5) is 10.5 Å². The lowest BCUT2D eigenvalue weighted by Gasteiger charge is -2.23. The Hall–Kier alpha value is -3.26. The first kappa shape index (κ1) is 30.0. The van der Waals surface area contributed by atoms with Crippen LogP contribution in [0.15, 0.2) is 48.5 Å². The topological polar surface area (TPSA) is 97.3 Å². The maximum atomic E-state index is 13.0. The molecule has 2 rings (SSSR count). The number of nitrogens with zero attached hydrogens (tertiary/aromatic N) is 1. The maximum Gasteiger partial charge on any atom is 0.333 e. The molecular formula is C29H42N2O6. The number of anilines is 1. The first-order valence-electron chi connectivity index (χ1n) is 13.2. The summed E-state index contributed by atoms with van der Waals surface area (Å²) in [5, 5.41) is 12.2. The standard InChI is InChI=1S/C29H42N2O6/c1-4-6-7-8-9-10-18-31(29(34)30-24-12-11-13-26(22-24)35-3)19-20-37-25-16-14-23(15-17-25)21-27(28(32)33)36-5-2/h11-17,22,27H,4-10,18-21H2,1-3H3,(H,30,34)(H,32,33). The Balaban J connectivity index is 1.91. The van der Waals surface area contributed by atoms with Crippen LogP contribution in [-0.4, -0.2) is 61.5 Å². The average Bonchev–Trinajstić information content (AvgIpc) is 2.90. The van der Waals surface area contributed by atoms with Crippen molar-refractivity contribution in [1.29, 1.82) is 0 Å². The molecule has 2 N–H and O–H groups in total. The van der Waals surface area contributed by atoms with Crippen LogP contribution in [0.1, 0.15) is 57.9 Å². The molecule has 2 aromatic carbocycles. The minimum absolute atomic E-state index is 0.170. The van der Waals surface area contributed by atoms with E-state index in [2.05, 4.69) is 12.2 Å². The molecule has 0 radical (unpaired) electrons. The Morgan fingerprint density at radius 3 is 2.35 bits per heavy atom. The molecule has 0 aliphatic rings. The van der Waals surface area contributed by atoms with Crippen molar-refractivity contribution in [2.75, 3.05) is 38.7 Å². The summed E-state index contributed by atoms with van der Waals surface area (Å²) in [4.78, 5) is 26.1. The van der Waals surface area contributed by atoms with Crippen molar-refractivity contribution in [3.8, 4) is 11.5 Å². The molecule has 0 saturated carbocycles. The van der Waals surface area contributed by atoms with E-state index >= 15 is 0 Å². The third kappa shape index (κ3) is 11.6. The van der Waals surface area contributed by atoms with E-state index in [0.29, 0.717) is 49.9 Å². The van der Waals surface area contributed by atoms with Crippen molar-refractivity contribution in [2.45, 2.75) is 64.9 Å². The van der Waals surface area contributed by atoms with Gasteiger partial charge in [-0.05, 0) is 43.2 Å². The van der Waals surface area contributed by atoms with Gasteiger partial charge in [0.2, 0.25) is 0 Å². The van der Waals surface area contributed by atoms with Crippen LogP contribution in [0.25, 0.3) is 0 Å². The molecule has 2 aromatic rings. The number of nitrogens with one attached hydrogen (secondary N) is 1. The molecule has 8 heteroatoms. The Bertz CT molecular complexity index is 934. The highest BCUT2D eigenvalue weighted by Gasteiger charge is 2.18. The predicted octanol–water partition coefficient (Wildman–Crippen LogP) is 6.00. The fourth-order valence-corrected chi connectivity index (χ4v) is 3.93. The van der Waals surface area contributed by atoms with Gasteiger partial charge in [-0.15, -0.1) is 0 Å². The van der Waals surface area contributed by atoms with Crippen molar-refractivity contribution in [3.63, 3.8) is 0 Å². The molecule has 0 spiro atoms. The van der Waals surface area contributed by atoms with Crippen molar-refractivity contribution >= 4 is 17.7 Å². The first-order valence-corrected chi connectivity index (χ1v) is 13.2. The Morgan fingerprint density at radius 2 is 1.68 bits per heavy atom. The predicted molar refractivity (Wildman–Crippen MR) is 146 cm³/mol. The number of urea groups is 1. The second kappa shape index (κ2) is 17.2.